The average molecular weight is 271 g/mol. The fourth-order valence-electron chi connectivity index (χ4n) is 1.65. The minimum Gasteiger partial charge on any atom is -0.490 e. The van der Waals surface area contributed by atoms with Crippen molar-refractivity contribution in [3.05, 3.63) is 29.6 Å². The van der Waals surface area contributed by atoms with Gasteiger partial charge in [-0.25, -0.2) is 4.39 Å². The Labute approximate surface area is 113 Å². The van der Waals surface area contributed by atoms with Gasteiger partial charge in [0.05, 0.1) is 6.61 Å². The van der Waals surface area contributed by atoms with Crippen molar-refractivity contribution >= 4 is 0 Å². The third kappa shape index (κ3) is 6.00. The number of halogens is 1. The van der Waals surface area contributed by atoms with Gasteiger partial charge in [0.15, 0.2) is 0 Å². The van der Waals surface area contributed by atoms with Crippen LogP contribution in [0.15, 0.2) is 18.2 Å². The zero-order chi connectivity index (χ0) is 14.1. The molecule has 0 spiro atoms. The molecule has 0 aromatic heterocycles. The molecule has 0 aliphatic heterocycles. The Morgan fingerprint density at radius 2 is 2.16 bits per heavy atom. The van der Waals surface area contributed by atoms with Crippen LogP contribution in [-0.4, -0.2) is 38.1 Å². The Morgan fingerprint density at radius 1 is 1.37 bits per heavy atom. The summed E-state index contributed by atoms with van der Waals surface area (Å²) in [5.41, 5.74) is 0.748. The van der Waals surface area contributed by atoms with E-state index < -0.39 is 6.10 Å². The lowest BCUT2D eigenvalue weighted by Gasteiger charge is -2.15. The van der Waals surface area contributed by atoms with Crippen molar-refractivity contribution in [1.29, 1.82) is 0 Å². The first kappa shape index (κ1) is 15.9. The minimum atomic E-state index is -0.688. The summed E-state index contributed by atoms with van der Waals surface area (Å²) < 4.78 is 23.5. The molecule has 0 heterocycles. The molecule has 0 saturated carbocycles. The lowest BCUT2D eigenvalue weighted by Crippen LogP contribution is -2.23. The first-order valence-electron chi connectivity index (χ1n) is 6.46. The lowest BCUT2D eigenvalue weighted by atomic mass is 10.2. The number of rotatable bonds is 9. The van der Waals surface area contributed by atoms with E-state index >= 15 is 0 Å². The minimum absolute atomic E-state index is 0.125. The monoisotopic (exact) mass is 271 g/mol. The molecule has 0 fully saturated rings. The van der Waals surface area contributed by atoms with Crippen molar-refractivity contribution in [2.75, 3.05) is 26.9 Å². The number of methoxy groups -OCH3 is 1. The van der Waals surface area contributed by atoms with Crippen molar-refractivity contribution in [2.45, 2.75) is 26.0 Å². The molecule has 0 radical (unpaired) electrons. The molecule has 1 rings (SSSR count). The van der Waals surface area contributed by atoms with Gasteiger partial charge in [-0.15, -0.1) is 0 Å². The fraction of sp³-hybridized carbons (Fsp3) is 0.571. The number of aliphatic hydroxyl groups excluding tert-OH is 1. The molecule has 19 heavy (non-hydrogen) atoms. The number of aliphatic hydroxyl groups is 1. The van der Waals surface area contributed by atoms with Gasteiger partial charge in [-0.1, -0.05) is 6.92 Å². The maximum absolute atomic E-state index is 13.2. The highest BCUT2D eigenvalue weighted by Crippen LogP contribution is 2.20. The van der Waals surface area contributed by atoms with Crippen molar-refractivity contribution in [3.63, 3.8) is 0 Å². The second-order valence-corrected chi connectivity index (χ2v) is 4.35. The number of hydrogen-bond acceptors (Lipinski definition) is 4. The van der Waals surface area contributed by atoms with Gasteiger partial charge in [0, 0.05) is 19.2 Å². The van der Waals surface area contributed by atoms with E-state index in [1.165, 1.54) is 19.2 Å². The quantitative estimate of drug-likeness (QED) is 0.671. The summed E-state index contributed by atoms with van der Waals surface area (Å²) in [5, 5.41) is 12.7. The second kappa shape index (κ2) is 8.85. The highest BCUT2D eigenvalue weighted by Gasteiger charge is 2.09. The number of benzene rings is 1. The Balaban J connectivity index is 2.59. The van der Waals surface area contributed by atoms with Crippen LogP contribution in [0.5, 0.6) is 5.75 Å². The Morgan fingerprint density at radius 3 is 2.84 bits per heavy atom. The molecule has 108 valence electrons. The molecule has 0 aliphatic carbocycles. The van der Waals surface area contributed by atoms with Crippen LogP contribution >= 0.6 is 0 Å². The smallest absolute Gasteiger partial charge is 0.124 e. The summed E-state index contributed by atoms with van der Waals surface area (Å²) in [5.74, 6) is 0.290. The first-order chi connectivity index (χ1) is 9.17. The van der Waals surface area contributed by atoms with Crippen LogP contribution in [0.4, 0.5) is 4.39 Å². The zero-order valence-corrected chi connectivity index (χ0v) is 11.5. The second-order valence-electron chi connectivity index (χ2n) is 4.35. The molecule has 2 N–H and O–H groups in total. The van der Waals surface area contributed by atoms with Crippen LogP contribution in [0, 0.1) is 5.82 Å². The van der Waals surface area contributed by atoms with Crippen LogP contribution < -0.4 is 10.1 Å². The van der Waals surface area contributed by atoms with E-state index in [1.54, 1.807) is 6.07 Å². The largest absolute Gasteiger partial charge is 0.490 e. The molecule has 4 nitrogen and oxygen atoms in total. The van der Waals surface area contributed by atoms with E-state index in [4.69, 9.17) is 9.47 Å². The molecular weight excluding hydrogens is 249 g/mol. The van der Waals surface area contributed by atoms with Gasteiger partial charge in [-0.2, -0.15) is 0 Å². The topological polar surface area (TPSA) is 50.7 Å². The summed E-state index contributed by atoms with van der Waals surface area (Å²) >= 11 is 0. The molecule has 1 aromatic rings. The van der Waals surface area contributed by atoms with E-state index in [9.17, 15) is 9.50 Å². The Bertz CT molecular complexity index is 374. The maximum atomic E-state index is 13.2. The molecule has 1 aromatic carbocycles. The van der Waals surface area contributed by atoms with Gasteiger partial charge in [0.1, 0.15) is 24.3 Å². The first-order valence-corrected chi connectivity index (χ1v) is 6.46. The number of ether oxygens (including phenoxy) is 2. The normalized spacial score (nSPS) is 12.4. The van der Waals surface area contributed by atoms with E-state index in [1.807, 2.05) is 0 Å². The van der Waals surface area contributed by atoms with Crippen LogP contribution in [-0.2, 0) is 11.3 Å². The van der Waals surface area contributed by atoms with Gasteiger partial charge in [-0.05, 0) is 31.2 Å². The summed E-state index contributed by atoms with van der Waals surface area (Å²) in [4.78, 5) is 0. The van der Waals surface area contributed by atoms with Crippen LogP contribution in [0.3, 0.4) is 0 Å². The third-order valence-electron chi connectivity index (χ3n) is 2.56. The molecule has 0 aliphatic rings. The van der Waals surface area contributed by atoms with Crippen LogP contribution in [0.1, 0.15) is 18.9 Å². The summed E-state index contributed by atoms with van der Waals surface area (Å²) in [6.07, 6.45) is 0.324. The SMILES string of the molecule is CCCNCc1cc(F)ccc1OCC(O)COC. The van der Waals surface area contributed by atoms with E-state index in [2.05, 4.69) is 12.2 Å². The highest BCUT2D eigenvalue weighted by atomic mass is 19.1. The summed E-state index contributed by atoms with van der Waals surface area (Å²) in [6, 6.07) is 4.37. The van der Waals surface area contributed by atoms with Crippen molar-refractivity contribution in [3.8, 4) is 5.75 Å². The fourth-order valence-corrected chi connectivity index (χ4v) is 1.65. The predicted molar refractivity (Wildman–Crippen MR) is 71.8 cm³/mol. The molecule has 1 atom stereocenters. The zero-order valence-electron chi connectivity index (χ0n) is 11.5. The number of nitrogens with one attached hydrogen (secondary N) is 1. The summed E-state index contributed by atoms with van der Waals surface area (Å²) in [7, 11) is 1.52. The van der Waals surface area contributed by atoms with Gasteiger partial charge in [-0.3, -0.25) is 0 Å². The maximum Gasteiger partial charge on any atom is 0.124 e. The van der Waals surface area contributed by atoms with Gasteiger partial charge in [0.2, 0.25) is 0 Å². The van der Waals surface area contributed by atoms with E-state index in [0.717, 1.165) is 18.5 Å². The average Bonchev–Trinajstić information content (AvgIpc) is 2.38. The van der Waals surface area contributed by atoms with Crippen LogP contribution in [0.25, 0.3) is 0 Å². The molecule has 0 amide bonds. The molecule has 1 unspecified atom stereocenters. The van der Waals surface area contributed by atoms with Gasteiger partial charge < -0.3 is 19.9 Å². The lowest BCUT2D eigenvalue weighted by molar-refractivity contribution is 0.0323. The van der Waals surface area contributed by atoms with Gasteiger partial charge >= 0.3 is 0 Å². The standard InChI is InChI=1S/C14H22FNO3/c1-3-6-16-8-11-7-12(15)4-5-14(11)19-10-13(17)9-18-2/h4-5,7,13,16-17H,3,6,8-10H2,1-2H3. The molecule has 0 bridgehead atoms. The van der Waals surface area contributed by atoms with Crippen molar-refractivity contribution in [2.24, 2.45) is 0 Å². The molecule has 0 saturated heterocycles. The molecular formula is C14H22FNO3. The Hall–Kier alpha value is -1.17. The van der Waals surface area contributed by atoms with Crippen molar-refractivity contribution < 1.29 is 19.0 Å². The van der Waals surface area contributed by atoms with Crippen molar-refractivity contribution in [1.82, 2.24) is 5.32 Å². The Kier molecular flexibility index (Phi) is 7.40. The summed E-state index contributed by atoms with van der Waals surface area (Å²) in [6.45, 7) is 3.81. The van der Waals surface area contributed by atoms with E-state index in [0.29, 0.717) is 12.3 Å². The molecule has 5 heteroatoms. The predicted octanol–water partition coefficient (Wildman–Crippen LogP) is 1.71. The number of hydrogen-bond donors (Lipinski definition) is 2. The van der Waals surface area contributed by atoms with Gasteiger partial charge in [0.25, 0.3) is 0 Å². The third-order valence-corrected chi connectivity index (χ3v) is 2.56. The van der Waals surface area contributed by atoms with E-state index in [-0.39, 0.29) is 19.0 Å². The highest BCUT2D eigenvalue weighted by molar-refractivity contribution is 5.34. The van der Waals surface area contributed by atoms with Crippen LogP contribution in [0.2, 0.25) is 0 Å².